The van der Waals surface area contributed by atoms with Crippen LogP contribution in [0.25, 0.3) is 11.0 Å². The molecule has 20 heavy (non-hydrogen) atoms. The molecule has 3 nitrogen and oxygen atoms in total. The number of furan rings is 1. The van der Waals surface area contributed by atoms with Crippen LogP contribution in [0.15, 0.2) is 28.7 Å². The fraction of sp³-hybridized carbons (Fsp3) is 0.529. The van der Waals surface area contributed by atoms with Gasteiger partial charge in [0.15, 0.2) is 0 Å². The molecule has 1 unspecified atom stereocenters. The first kappa shape index (κ1) is 13.7. The van der Waals surface area contributed by atoms with Gasteiger partial charge < -0.3 is 10.2 Å². The van der Waals surface area contributed by atoms with E-state index in [-0.39, 0.29) is 11.6 Å². The predicted octanol–water partition coefficient (Wildman–Crippen LogP) is 3.62. The number of hydrogen-bond donors (Lipinski definition) is 1. The minimum atomic E-state index is -0.103. The molecular weight excluding hydrogens is 248 g/mol. The van der Waals surface area contributed by atoms with Crippen molar-refractivity contribution in [1.29, 1.82) is 0 Å². The number of rotatable bonds is 3. The van der Waals surface area contributed by atoms with Gasteiger partial charge in [-0.1, -0.05) is 11.6 Å². The van der Waals surface area contributed by atoms with Crippen molar-refractivity contribution in [3.63, 3.8) is 0 Å². The van der Waals surface area contributed by atoms with E-state index in [1.54, 1.807) is 0 Å². The van der Waals surface area contributed by atoms with E-state index in [1.165, 1.54) is 18.4 Å². The number of aryl methyl sites for hydroxylation is 1. The maximum absolute atomic E-state index is 6.52. The fourth-order valence-corrected chi connectivity index (χ4v) is 3.17. The molecule has 0 bridgehead atoms. The molecular formula is C17H24N2O. The Bertz CT molecular complexity index is 608. The Morgan fingerprint density at radius 2 is 1.90 bits per heavy atom. The fourth-order valence-electron chi connectivity index (χ4n) is 3.17. The summed E-state index contributed by atoms with van der Waals surface area (Å²) in [6.07, 6.45) is 2.55. The van der Waals surface area contributed by atoms with Gasteiger partial charge in [0.1, 0.15) is 11.3 Å². The molecule has 1 aromatic carbocycles. The van der Waals surface area contributed by atoms with Gasteiger partial charge in [0.05, 0.1) is 6.04 Å². The summed E-state index contributed by atoms with van der Waals surface area (Å²) < 4.78 is 5.98. The molecule has 1 fully saturated rings. The monoisotopic (exact) mass is 272 g/mol. The third kappa shape index (κ3) is 2.25. The van der Waals surface area contributed by atoms with Crippen molar-refractivity contribution in [2.45, 2.75) is 45.2 Å². The number of benzene rings is 1. The first-order chi connectivity index (χ1) is 9.48. The van der Waals surface area contributed by atoms with Crippen LogP contribution in [0.1, 0.15) is 44.1 Å². The third-order valence-electron chi connectivity index (χ3n) is 4.68. The van der Waals surface area contributed by atoms with Crippen molar-refractivity contribution < 1.29 is 4.42 Å². The third-order valence-corrected chi connectivity index (χ3v) is 4.68. The summed E-state index contributed by atoms with van der Waals surface area (Å²) in [7, 11) is 0. The Morgan fingerprint density at radius 1 is 1.20 bits per heavy atom. The molecule has 3 rings (SSSR count). The van der Waals surface area contributed by atoms with Crippen LogP contribution in [0.4, 0.5) is 0 Å². The second kappa shape index (κ2) is 4.90. The number of likely N-dealkylation sites (tertiary alicyclic amines) is 1. The maximum Gasteiger partial charge on any atom is 0.134 e. The molecule has 2 heterocycles. The van der Waals surface area contributed by atoms with Crippen LogP contribution in [0.5, 0.6) is 0 Å². The lowest BCUT2D eigenvalue weighted by Gasteiger charge is -2.39. The van der Waals surface area contributed by atoms with Crippen molar-refractivity contribution in [2.24, 2.45) is 5.73 Å². The average molecular weight is 272 g/mol. The normalized spacial score (nSPS) is 18.8. The Balaban J connectivity index is 1.92. The summed E-state index contributed by atoms with van der Waals surface area (Å²) in [4.78, 5) is 2.48. The molecule has 0 spiro atoms. The van der Waals surface area contributed by atoms with E-state index < -0.39 is 0 Å². The van der Waals surface area contributed by atoms with Crippen LogP contribution >= 0.6 is 0 Å². The summed E-state index contributed by atoms with van der Waals surface area (Å²) in [5.74, 6) is 0.891. The highest BCUT2D eigenvalue weighted by Crippen LogP contribution is 2.34. The van der Waals surface area contributed by atoms with E-state index in [1.807, 2.05) is 6.07 Å². The summed E-state index contributed by atoms with van der Waals surface area (Å²) in [5.41, 5.74) is 8.63. The Morgan fingerprint density at radius 3 is 2.60 bits per heavy atom. The van der Waals surface area contributed by atoms with Gasteiger partial charge in [-0.3, -0.25) is 4.90 Å². The number of hydrogen-bond acceptors (Lipinski definition) is 3. The molecule has 1 saturated heterocycles. The topological polar surface area (TPSA) is 42.4 Å². The Kier molecular flexibility index (Phi) is 3.35. The molecule has 1 aliphatic rings. The van der Waals surface area contributed by atoms with Gasteiger partial charge in [0.2, 0.25) is 0 Å². The van der Waals surface area contributed by atoms with E-state index in [4.69, 9.17) is 10.2 Å². The van der Waals surface area contributed by atoms with Crippen molar-refractivity contribution in [3.8, 4) is 0 Å². The van der Waals surface area contributed by atoms with Gasteiger partial charge in [-0.25, -0.2) is 0 Å². The lowest BCUT2D eigenvalue weighted by molar-refractivity contribution is 0.115. The van der Waals surface area contributed by atoms with Gasteiger partial charge >= 0.3 is 0 Å². The maximum atomic E-state index is 6.52. The highest BCUT2D eigenvalue weighted by Gasteiger charge is 2.37. The van der Waals surface area contributed by atoms with Gasteiger partial charge in [0.25, 0.3) is 0 Å². The quantitative estimate of drug-likeness (QED) is 0.928. The SMILES string of the molecule is Cc1ccc2oc(C(N)C(C)(C)N3CCCC3)cc2c1. The lowest BCUT2D eigenvalue weighted by Crippen LogP contribution is -2.49. The zero-order valence-electron chi connectivity index (χ0n) is 12.6. The second-order valence-corrected chi connectivity index (χ2v) is 6.52. The molecule has 0 radical (unpaired) electrons. The molecule has 0 saturated carbocycles. The van der Waals surface area contributed by atoms with Gasteiger partial charge in [0, 0.05) is 10.9 Å². The molecule has 3 heteroatoms. The van der Waals surface area contributed by atoms with Crippen LogP contribution < -0.4 is 5.73 Å². The van der Waals surface area contributed by atoms with Gasteiger partial charge in [-0.2, -0.15) is 0 Å². The smallest absolute Gasteiger partial charge is 0.134 e. The molecule has 2 aromatic rings. The summed E-state index contributed by atoms with van der Waals surface area (Å²) >= 11 is 0. The predicted molar refractivity (Wildman–Crippen MR) is 82.8 cm³/mol. The largest absolute Gasteiger partial charge is 0.459 e. The molecule has 2 N–H and O–H groups in total. The average Bonchev–Trinajstić information content (AvgIpc) is 3.06. The Hall–Kier alpha value is -1.32. The summed E-state index contributed by atoms with van der Waals surface area (Å²) in [6.45, 7) is 8.82. The van der Waals surface area contributed by atoms with Crippen molar-refractivity contribution in [3.05, 3.63) is 35.6 Å². The van der Waals surface area contributed by atoms with Crippen molar-refractivity contribution in [1.82, 2.24) is 4.90 Å². The van der Waals surface area contributed by atoms with Crippen molar-refractivity contribution >= 4 is 11.0 Å². The lowest BCUT2D eigenvalue weighted by atomic mass is 9.91. The van der Waals surface area contributed by atoms with Crippen LogP contribution in [0, 0.1) is 6.92 Å². The zero-order chi connectivity index (χ0) is 14.3. The van der Waals surface area contributed by atoms with E-state index in [2.05, 4.69) is 43.9 Å². The van der Waals surface area contributed by atoms with Crippen LogP contribution in [0.3, 0.4) is 0 Å². The highest BCUT2D eigenvalue weighted by molar-refractivity contribution is 5.78. The zero-order valence-corrected chi connectivity index (χ0v) is 12.6. The van der Waals surface area contributed by atoms with Gasteiger partial charge in [-0.15, -0.1) is 0 Å². The van der Waals surface area contributed by atoms with Gasteiger partial charge in [-0.05, 0) is 64.9 Å². The minimum Gasteiger partial charge on any atom is -0.459 e. The molecule has 1 aliphatic heterocycles. The second-order valence-electron chi connectivity index (χ2n) is 6.52. The number of nitrogens with two attached hydrogens (primary N) is 1. The Labute approximate surface area is 120 Å². The summed E-state index contributed by atoms with van der Waals surface area (Å²) in [5, 5.41) is 1.15. The van der Waals surface area contributed by atoms with Crippen LogP contribution in [-0.2, 0) is 0 Å². The molecule has 0 aliphatic carbocycles. The molecule has 108 valence electrons. The first-order valence-electron chi connectivity index (χ1n) is 7.49. The highest BCUT2D eigenvalue weighted by atomic mass is 16.3. The molecule has 1 aromatic heterocycles. The van der Waals surface area contributed by atoms with Crippen LogP contribution in [-0.4, -0.2) is 23.5 Å². The van der Waals surface area contributed by atoms with E-state index in [9.17, 15) is 0 Å². The number of nitrogens with zero attached hydrogens (tertiary/aromatic N) is 1. The standard InChI is InChI=1S/C17H24N2O/c1-12-6-7-14-13(10-12)11-15(20-14)16(18)17(2,3)19-8-4-5-9-19/h6-7,10-11,16H,4-5,8-9,18H2,1-3H3. The van der Waals surface area contributed by atoms with Crippen molar-refractivity contribution in [2.75, 3.05) is 13.1 Å². The van der Waals surface area contributed by atoms with E-state index in [0.717, 1.165) is 29.8 Å². The minimum absolute atomic E-state index is 0.0700. The molecule has 0 amide bonds. The van der Waals surface area contributed by atoms with Crippen LogP contribution in [0.2, 0.25) is 0 Å². The molecule has 1 atom stereocenters. The van der Waals surface area contributed by atoms with E-state index in [0.29, 0.717) is 0 Å². The van der Waals surface area contributed by atoms with E-state index >= 15 is 0 Å². The summed E-state index contributed by atoms with van der Waals surface area (Å²) in [6, 6.07) is 8.26. The first-order valence-corrected chi connectivity index (χ1v) is 7.49. The number of fused-ring (bicyclic) bond motifs is 1.